The Hall–Kier alpha value is -3.33. The molecular formula is C20H20N4O5. The van der Waals surface area contributed by atoms with Crippen LogP contribution < -0.4 is 20.7 Å². The van der Waals surface area contributed by atoms with Crippen LogP contribution in [0.1, 0.15) is 33.0 Å². The van der Waals surface area contributed by atoms with Crippen molar-refractivity contribution in [1.29, 1.82) is 0 Å². The van der Waals surface area contributed by atoms with E-state index in [1.165, 1.54) is 0 Å². The summed E-state index contributed by atoms with van der Waals surface area (Å²) in [4.78, 5) is 39.4. The Kier molecular flexibility index (Phi) is 3.88. The third-order valence-corrected chi connectivity index (χ3v) is 5.74. The minimum atomic E-state index is -1.46. The van der Waals surface area contributed by atoms with Gasteiger partial charge in [-0.25, -0.2) is 4.79 Å². The number of nitrogens with one attached hydrogen (secondary N) is 3. The number of hydrogen-bond donors (Lipinski definition) is 3. The lowest BCUT2D eigenvalue weighted by Gasteiger charge is -2.29. The third kappa shape index (κ3) is 2.69. The van der Waals surface area contributed by atoms with Gasteiger partial charge in [-0.3, -0.25) is 14.9 Å². The number of benzene rings is 1. The highest BCUT2D eigenvalue weighted by molar-refractivity contribution is 6.08. The molecule has 1 aromatic heterocycles. The van der Waals surface area contributed by atoms with Gasteiger partial charge in [-0.1, -0.05) is 6.07 Å². The molecule has 0 bridgehead atoms. The predicted octanol–water partition coefficient (Wildman–Crippen LogP) is 0.625. The van der Waals surface area contributed by atoms with Gasteiger partial charge in [0.1, 0.15) is 17.3 Å². The molecule has 3 aliphatic rings. The lowest BCUT2D eigenvalue weighted by molar-refractivity contribution is -0.125. The Bertz CT molecular complexity index is 1020. The van der Waals surface area contributed by atoms with E-state index in [9.17, 15) is 14.4 Å². The maximum Gasteiger partial charge on any atom is 0.322 e. The number of amides is 4. The maximum atomic E-state index is 13.0. The lowest BCUT2D eigenvalue weighted by atomic mass is 9.94. The standard InChI is InChI=1S/C20H20N4O5/c1-28-13-3-2-12-9-24(17(25)14(12)7-13)10-20(18(26)22-19(27)23-20)16-6-11-4-5-21-8-15(11)29-16/h2-3,6-7,21H,4-5,8-10H2,1H3,(H2,22,23,26,27). The van der Waals surface area contributed by atoms with E-state index in [4.69, 9.17) is 9.15 Å². The van der Waals surface area contributed by atoms with Crippen LogP contribution >= 0.6 is 0 Å². The normalized spacial score (nSPS) is 22.9. The minimum absolute atomic E-state index is 0.0276. The minimum Gasteiger partial charge on any atom is -0.497 e. The van der Waals surface area contributed by atoms with E-state index in [1.807, 2.05) is 12.1 Å². The molecule has 4 heterocycles. The quantitative estimate of drug-likeness (QED) is 0.654. The summed E-state index contributed by atoms with van der Waals surface area (Å²) in [5.41, 5.74) is 0.926. The number of carbonyl (C=O) groups excluding carboxylic acids is 3. The first-order valence-electron chi connectivity index (χ1n) is 9.43. The van der Waals surface area contributed by atoms with Crippen LogP contribution in [-0.2, 0) is 29.8 Å². The molecule has 2 aromatic rings. The lowest BCUT2D eigenvalue weighted by Crippen LogP contribution is -2.52. The van der Waals surface area contributed by atoms with Gasteiger partial charge in [0.05, 0.1) is 20.2 Å². The van der Waals surface area contributed by atoms with Gasteiger partial charge in [0.2, 0.25) is 0 Å². The molecule has 9 nitrogen and oxygen atoms in total. The number of fused-ring (bicyclic) bond motifs is 2. The molecule has 0 aliphatic carbocycles. The first kappa shape index (κ1) is 17.7. The van der Waals surface area contributed by atoms with Crippen LogP contribution in [-0.4, -0.2) is 42.9 Å². The van der Waals surface area contributed by atoms with Crippen molar-refractivity contribution in [1.82, 2.24) is 20.9 Å². The first-order chi connectivity index (χ1) is 14.0. The fourth-order valence-electron chi connectivity index (χ4n) is 4.20. The van der Waals surface area contributed by atoms with E-state index in [1.54, 1.807) is 24.1 Å². The highest BCUT2D eigenvalue weighted by atomic mass is 16.5. The van der Waals surface area contributed by atoms with Gasteiger partial charge in [0, 0.05) is 12.1 Å². The van der Waals surface area contributed by atoms with Crippen LogP contribution in [0.25, 0.3) is 0 Å². The molecule has 4 amide bonds. The van der Waals surface area contributed by atoms with Gasteiger partial charge in [-0.2, -0.15) is 0 Å². The molecule has 5 rings (SSSR count). The third-order valence-electron chi connectivity index (χ3n) is 5.74. The van der Waals surface area contributed by atoms with Crippen LogP contribution in [0.3, 0.4) is 0 Å². The van der Waals surface area contributed by atoms with Crippen molar-refractivity contribution in [3.63, 3.8) is 0 Å². The molecule has 0 saturated carbocycles. The molecule has 0 radical (unpaired) electrons. The van der Waals surface area contributed by atoms with Crippen LogP contribution in [0.15, 0.2) is 28.7 Å². The number of imide groups is 1. The topological polar surface area (TPSA) is 113 Å². The van der Waals surface area contributed by atoms with Gasteiger partial charge in [-0.05, 0) is 42.3 Å². The zero-order valence-electron chi connectivity index (χ0n) is 15.8. The van der Waals surface area contributed by atoms with E-state index in [2.05, 4.69) is 16.0 Å². The fraction of sp³-hybridized carbons (Fsp3) is 0.350. The molecule has 1 unspecified atom stereocenters. The van der Waals surface area contributed by atoms with Crippen molar-refractivity contribution >= 4 is 17.8 Å². The summed E-state index contributed by atoms with van der Waals surface area (Å²) in [5, 5.41) is 8.22. The monoisotopic (exact) mass is 396 g/mol. The number of carbonyl (C=O) groups is 3. The smallest absolute Gasteiger partial charge is 0.322 e. The first-order valence-corrected chi connectivity index (χ1v) is 9.43. The second-order valence-electron chi connectivity index (χ2n) is 7.48. The van der Waals surface area contributed by atoms with E-state index >= 15 is 0 Å². The van der Waals surface area contributed by atoms with Gasteiger partial charge in [-0.15, -0.1) is 0 Å². The summed E-state index contributed by atoms with van der Waals surface area (Å²) in [5.74, 6) is 0.941. The highest BCUT2D eigenvalue weighted by Crippen LogP contribution is 2.34. The summed E-state index contributed by atoms with van der Waals surface area (Å²) in [6.07, 6.45) is 0.776. The number of ether oxygens (including phenoxy) is 1. The van der Waals surface area contributed by atoms with Crippen molar-refractivity contribution in [3.05, 3.63) is 52.5 Å². The Balaban J connectivity index is 1.51. The molecule has 3 N–H and O–H groups in total. The fourth-order valence-corrected chi connectivity index (χ4v) is 4.20. The highest BCUT2D eigenvalue weighted by Gasteiger charge is 2.53. The van der Waals surface area contributed by atoms with Crippen molar-refractivity contribution in [2.45, 2.75) is 25.0 Å². The molecule has 9 heteroatoms. The molecule has 1 atom stereocenters. The largest absolute Gasteiger partial charge is 0.497 e. The van der Waals surface area contributed by atoms with Crippen LogP contribution in [0, 0.1) is 0 Å². The summed E-state index contributed by atoms with van der Waals surface area (Å²) in [6.45, 7) is 1.69. The summed E-state index contributed by atoms with van der Waals surface area (Å²) in [7, 11) is 1.54. The zero-order valence-corrected chi connectivity index (χ0v) is 15.8. The van der Waals surface area contributed by atoms with E-state index in [-0.39, 0.29) is 12.5 Å². The number of furan rings is 1. The van der Waals surface area contributed by atoms with Crippen LogP contribution in [0.2, 0.25) is 0 Å². The van der Waals surface area contributed by atoms with E-state index in [0.29, 0.717) is 30.2 Å². The van der Waals surface area contributed by atoms with Crippen molar-refractivity contribution < 1.29 is 23.5 Å². The number of rotatable bonds is 4. The Morgan fingerprint density at radius 2 is 2.07 bits per heavy atom. The second kappa shape index (κ2) is 6.35. The van der Waals surface area contributed by atoms with Crippen LogP contribution in [0.5, 0.6) is 5.75 Å². The average molecular weight is 396 g/mol. The van der Waals surface area contributed by atoms with Crippen molar-refractivity contribution in [2.24, 2.45) is 0 Å². The molecule has 1 fully saturated rings. The summed E-state index contributed by atoms with van der Waals surface area (Å²) >= 11 is 0. The zero-order chi connectivity index (χ0) is 20.2. The molecule has 1 saturated heterocycles. The van der Waals surface area contributed by atoms with Gasteiger partial charge < -0.3 is 24.7 Å². The number of hydrogen-bond acceptors (Lipinski definition) is 6. The van der Waals surface area contributed by atoms with Gasteiger partial charge in [0.25, 0.3) is 11.8 Å². The number of methoxy groups -OCH3 is 1. The molecule has 29 heavy (non-hydrogen) atoms. The SMILES string of the molecule is COc1ccc2c(c1)C(=O)N(CC1(c3cc4c(o3)CNCC4)NC(=O)NC1=O)C2. The van der Waals surface area contributed by atoms with Gasteiger partial charge >= 0.3 is 6.03 Å². The number of urea groups is 1. The molecule has 3 aliphatic heterocycles. The van der Waals surface area contributed by atoms with E-state index < -0.39 is 17.5 Å². The molecule has 0 spiro atoms. The average Bonchev–Trinajstić information content (AvgIpc) is 3.36. The predicted molar refractivity (Wildman–Crippen MR) is 100 cm³/mol. The Morgan fingerprint density at radius 3 is 2.79 bits per heavy atom. The molecule has 150 valence electrons. The van der Waals surface area contributed by atoms with E-state index in [0.717, 1.165) is 29.9 Å². The Morgan fingerprint density at radius 1 is 1.21 bits per heavy atom. The molecule has 1 aromatic carbocycles. The van der Waals surface area contributed by atoms with Crippen LogP contribution in [0.4, 0.5) is 4.79 Å². The summed E-state index contributed by atoms with van der Waals surface area (Å²) in [6, 6.07) is 6.53. The maximum absolute atomic E-state index is 13.0. The summed E-state index contributed by atoms with van der Waals surface area (Å²) < 4.78 is 11.2. The van der Waals surface area contributed by atoms with Crippen molar-refractivity contribution in [3.8, 4) is 5.75 Å². The van der Waals surface area contributed by atoms with Gasteiger partial charge in [0.15, 0.2) is 5.54 Å². The van der Waals surface area contributed by atoms with Crippen molar-refractivity contribution in [2.75, 3.05) is 20.2 Å². The molecular weight excluding hydrogens is 376 g/mol. The Labute approximate surface area is 166 Å². The second-order valence-corrected chi connectivity index (χ2v) is 7.48. The number of nitrogens with zero attached hydrogens (tertiary/aromatic N) is 1.